The smallest absolute Gasteiger partial charge is 0.252 e. The number of carbonyl (C=O) groups excluding carboxylic acids is 1. The average molecular weight is 386 g/mol. The first-order chi connectivity index (χ1) is 13.2. The van der Waals surface area contributed by atoms with Crippen LogP contribution < -0.4 is 10.1 Å². The van der Waals surface area contributed by atoms with Gasteiger partial charge in [-0.05, 0) is 59.4 Å². The van der Waals surface area contributed by atoms with E-state index in [4.69, 9.17) is 4.74 Å². The van der Waals surface area contributed by atoms with Crippen LogP contribution in [0.2, 0.25) is 0 Å². The molecule has 5 nitrogen and oxygen atoms in total. The number of aliphatic hydroxyl groups is 1. The van der Waals surface area contributed by atoms with Crippen molar-refractivity contribution in [1.29, 1.82) is 0 Å². The Morgan fingerprint density at radius 2 is 2.04 bits per heavy atom. The number of phenolic OH excluding ortho intramolecular Hbond substituents is 1. The fourth-order valence-electron chi connectivity index (χ4n) is 3.92. The topological polar surface area (TPSA) is 78.8 Å². The van der Waals surface area contributed by atoms with Crippen molar-refractivity contribution in [2.24, 2.45) is 0 Å². The van der Waals surface area contributed by atoms with Crippen molar-refractivity contribution in [3.05, 3.63) is 46.1 Å². The molecule has 3 rings (SSSR count). The molecular formula is C23H31NO4. The Labute approximate surface area is 167 Å². The average Bonchev–Trinajstić information content (AvgIpc) is 2.97. The number of carbonyl (C=O) groups is 1. The van der Waals surface area contributed by atoms with Crippen LogP contribution in [0.1, 0.15) is 74.9 Å². The summed E-state index contributed by atoms with van der Waals surface area (Å²) >= 11 is 0. The minimum atomic E-state index is -0.753. The van der Waals surface area contributed by atoms with Crippen LogP contribution in [0.4, 0.5) is 0 Å². The molecule has 0 unspecified atom stereocenters. The molecule has 0 saturated carbocycles. The van der Waals surface area contributed by atoms with Gasteiger partial charge in [0.2, 0.25) is 0 Å². The van der Waals surface area contributed by atoms with Crippen molar-refractivity contribution in [3.63, 3.8) is 0 Å². The monoisotopic (exact) mass is 385 g/mol. The van der Waals surface area contributed by atoms with Crippen molar-refractivity contribution in [3.8, 4) is 11.5 Å². The van der Waals surface area contributed by atoms with Crippen LogP contribution in [0.15, 0.2) is 29.4 Å². The van der Waals surface area contributed by atoms with E-state index in [-0.39, 0.29) is 11.7 Å². The normalized spacial score (nSPS) is 23.5. The van der Waals surface area contributed by atoms with Gasteiger partial charge >= 0.3 is 0 Å². The lowest BCUT2D eigenvalue weighted by Gasteiger charge is -2.40. The molecule has 2 atom stereocenters. The molecule has 0 bridgehead atoms. The highest BCUT2D eigenvalue weighted by atomic mass is 16.5. The van der Waals surface area contributed by atoms with E-state index in [9.17, 15) is 15.0 Å². The van der Waals surface area contributed by atoms with E-state index in [1.54, 1.807) is 0 Å². The first-order valence-corrected chi connectivity index (χ1v) is 10.0. The zero-order chi connectivity index (χ0) is 20.5. The van der Waals surface area contributed by atoms with E-state index < -0.39 is 11.7 Å². The highest BCUT2D eigenvalue weighted by Crippen LogP contribution is 2.44. The molecule has 1 aromatic carbocycles. The van der Waals surface area contributed by atoms with Crippen LogP contribution in [-0.4, -0.2) is 27.8 Å². The molecule has 28 heavy (non-hydrogen) atoms. The molecule has 0 aliphatic carbocycles. The molecule has 1 amide bonds. The highest BCUT2D eigenvalue weighted by molar-refractivity contribution is 6.00. The largest absolute Gasteiger partial charge is 0.508 e. The van der Waals surface area contributed by atoms with Gasteiger partial charge in [-0.2, -0.15) is 0 Å². The zero-order valence-electron chi connectivity index (χ0n) is 17.3. The fourth-order valence-corrected chi connectivity index (χ4v) is 3.92. The first-order valence-electron chi connectivity index (χ1n) is 10.0. The van der Waals surface area contributed by atoms with Crippen molar-refractivity contribution in [2.45, 2.75) is 78.0 Å². The van der Waals surface area contributed by atoms with Gasteiger partial charge in [0.25, 0.3) is 5.91 Å². The van der Waals surface area contributed by atoms with Gasteiger partial charge in [-0.1, -0.05) is 23.3 Å². The molecule has 0 radical (unpaired) electrons. The molecule has 0 aromatic heterocycles. The molecule has 2 aliphatic heterocycles. The number of amides is 1. The van der Waals surface area contributed by atoms with Gasteiger partial charge in [-0.3, -0.25) is 4.79 Å². The Kier molecular flexibility index (Phi) is 5.84. The van der Waals surface area contributed by atoms with Crippen LogP contribution in [0, 0.1) is 0 Å². The molecule has 0 spiro atoms. The van der Waals surface area contributed by atoms with E-state index in [1.807, 2.05) is 6.92 Å². The predicted octanol–water partition coefficient (Wildman–Crippen LogP) is 4.16. The lowest BCUT2D eigenvalue weighted by atomic mass is 9.84. The van der Waals surface area contributed by atoms with Crippen LogP contribution >= 0.6 is 0 Å². The SMILES string of the molecule is CC(C)=CCC/C(C)=C/CC[C@]1(C)Oc2c(c(O)cc3c2CNC3=O)C[C@@H]1O. The standard InChI is InChI=1S/C23H31NO4/c1-14(2)7-5-8-15(3)9-6-10-23(4)20(26)12-17-19(25)11-16-18(21(17)28-23)13-24-22(16)27/h7,9,11,20,25-26H,5-6,8,10,12-13H2,1-4H3,(H,24,27)/b15-9+/t20-,23-/m0/s1. The first kappa shape index (κ1) is 20.5. The van der Waals surface area contributed by atoms with E-state index >= 15 is 0 Å². The Morgan fingerprint density at radius 3 is 2.75 bits per heavy atom. The van der Waals surface area contributed by atoms with E-state index in [0.717, 1.165) is 24.8 Å². The molecule has 1 aromatic rings. The predicted molar refractivity (Wildman–Crippen MR) is 110 cm³/mol. The highest BCUT2D eigenvalue weighted by Gasteiger charge is 2.43. The molecule has 0 fully saturated rings. The Hall–Kier alpha value is -2.27. The Balaban J connectivity index is 1.73. The van der Waals surface area contributed by atoms with Crippen LogP contribution in [0.25, 0.3) is 0 Å². The minimum Gasteiger partial charge on any atom is -0.508 e. The number of phenols is 1. The van der Waals surface area contributed by atoms with Gasteiger partial charge in [0, 0.05) is 24.1 Å². The molecule has 5 heteroatoms. The van der Waals surface area contributed by atoms with Crippen LogP contribution in [0.5, 0.6) is 11.5 Å². The van der Waals surface area contributed by atoms with Crippen molar-refractivity contribution >= 4 is 5.91 Å². The van der Waals surface area contributed by atoms with Gasteiger partial charge in [0.1, 0.15) is 17.1 Å². The summed E-state index contributed by atoms with van der Waals surface area (Å²) in [6.45, 7) is 8.66. The van der Waals surface area contributed by atoms with Gasteiger partial charge < -0.3 is 20.3 Å². The van der Waals surface area contributed by atoms with E-state index in [0.29, 0.717) is 36.3 Å². The Morgan fingerprint density at radius 1 is 1.29 bits per heavy atom. The molecular weight excluding hydrogens is 354 g/mol. The molecule has 0 saturated heterocycles. The number of aliphatic hydroxyl groups excluding tert-OH is 1. The maximum Gasteiger partial charge on any atom is 0.252 e. The number of allylic oxidation sites excluding steroid dienone is 4. The Bertz CT molecular complexity index is 835. The number of fused-ring (bicyclic) bond motifs is 3. The van der Waals surface area contributed by atoms with Crippen molar-refractivity contribution < 1.29 is 19.7 Å². The number of nitrogens with one attached hydrogen (secondary N) is 1. The summed E-state index contributed by atoms with van der Waals surface area (Å²) in [5.41, 5.74) is 3.75. The lowest BCUT2D eigenvalue weighted by molar-refractivity contribution is -0.0598. The van der Waals surface area contributed by atoms with Crippen molar-refractivity contribution in [2.75, 3.05) is 0 Å². The van der Waals surface area contributed by atoms with Gasteiger partial charge in [-0.15, -0.1) is 0 Å². The molecule has 3 N–H and O–H groups in total. The molecule has 152 valence electrons. The number of ether oxygens (including phenoxy) is 1. The summed E-state index contributed by atoms with van der Waals surface area (Å²) in [6.07, 6.45) is 7.61. The second-order valence-corrected chi connectivity index (χ2v) is 8.46. The second-order valence-electron chi connectivity index (χ2n) is 8.46. The van der Waals surface area contributed by atoms with Gasteiger partial charge in [0.15, 0.2) is 0 Å². The summed E-state index contributed by atoms with van der Waals surface area (Å²) in [7, 11) is 0. The summed E-state index contributed by atoms with van der Waals surface area (Å²) in [5.74, 6) is 0.381. The van der Waals surface area contributed by atoms with Gasteiger partial charge in [-0.25, -0.2) is 0 Å². The molecule has 2 aliphatic rings. The minimum absolute atomic E-state index is 0.0157. The summed E-state index contributed by atoms with van der Waals surface area (Å²) in [5, 5.41) is 23.8. The quantitative estimate of drug-likeness (QED) is 0.643. The fraction of sp³-hybridized carbons (Fsp3) is 0.522. The van der Waals surface area contributed by atoms with E-state index in [2.05, 4.69) is 38.2 Å². The van der Waals surface area contributed by atoms with E-state index in [1.165, 1.54) is 17.2 Å². The molecule has 2 heterocycles. The van der Waals surface area contributed by atoms with Crippen LogP contribution in [0.3, 0.4) is 0 Å². The third-order valence-corrected chi connectivity index (χ3v) is 5.80. The number of hydrogen-bond acceptors (Lipinski definition) is 4. The number of aromatic hydroxyl groups is 1. The summed E-state index contributed by atoms with van der Waals surface area (Å²) in [6, 6.07) is 1.48. The maximum absolute atomic E-state index is 12.0. The second kappa shape index (κ2) is 8.00. The summed E-state index contributed by atoms with van der Waals surface area (Å²) in [4.78, 5) is 12.0. The number of benzene rings is 1. The van der Waals surface area contributed by atoms with Crippen molar-refractivity contribution in [1.82, 2.24) is 5.32 Å². The third-order valence-electron chi connectivity index (χ3n) is 5.80. The van der Waals surface area contributed by atoms with Gasteiger partial charge in [0.05, 0.1) is 11.7 Å². The van der Waals surface area contributed by atoms with Crippen LogP contribution in [-0.2, 0) is 13.0 Å². The number of rotatable bonds is 6. The number of hydrogen-bond donors (Lipinski definition) is 3. The maximum atomic E-state index is 12.0. The summed E-state index contributed by atoms with van der Waals surface area (Å²) < 4.78 is 6.26. The zero-order valence-corrected chi connectivity index (χ0v) is 17.3. The lowest BCUT2D eigenvalue weighted by Crippen LogP contribution is -2.49. The third kappa shape index (κ3) is 4.09.